The average Bonchev–Trinajstić information content (AvgIpc) is 2.15. The van der Waals surface area contributed by atoms with Gasteiger partial charge in [0.1, 0.15) is 0 Å². The predicted molar refractivity (Wildman–Crippen MR) is 63.6 cm³/mol. The van der Waals surface area contributed by atoms with E-state index in [1.807, 2.05) is 6.92 Å². The van der Waals surface area contributed by atoms with Crippen molar-refractivity contribution in [3.63, 3.8) is 0 Å². The molecule has 71 valence electrons. The lowest BCUT2D eigenvalue weighted by molar-refractivity contribution is 0.315. The summed E-state index contributed by atoms with van der Waals surface area (Å²) in [5, 5.41) is 9.00. The first-order valence-corrected chi connectivity index (χ1v) is 5.48. The molecule has 1 aromatic carbocycles. The van der Waals surface area contributed by atoms with Crippen molar-refractivity contribution in [2.24, 2.45) is 0 Å². The van der Waals surface area contributed by atoms with Crippen molar-refractivity contribution >= 4 is 22.6 Å². The molecule has 0 aliphatic rings. The topological polar surface area (TPSA) is 20.2 Å². The summed E-state index contributed by atoms with van der Waals surface area (Å²) >= 11 is 2.31. The zero-order chi connectivity index (χ0) is 9.84. The highest BCUT2D eigenvalue weighted by Gasteiger charge is 2.06. The molecule has 0 fully saturated rings. The summed E-state index contributed by atoms with van der Waals surface area (Å²) in [6.07, 6.45) is 1.04. The van der Waals surface area contributed by atoms with Crippen LogP contribution in [-0.4, -0.2) is 11.7 Å². The number of halogens is 1. The Labute approximate surface area is 93.3 Å². The van der Waals surface area contributed by atoms with Gasteiger partial charge in [0, 0.05) is 9.49 Å². The number of rotatable bonds is 3. The van der Waals surface area contributed by atoms with Crippen molar-refractivity contribution in [2.45, 2.75) is 20.3 Å². The van der Waals surface area contributed by atoms with Crippen LogP contribution in [0.4, 0.5) is 0 Å². The zero-order valence-electron chi connectivity index (χ0n) is 7.97. The van der Waals surface area contributed by atoms with E-state index in [9.17, 15) is 0 Å². The van der Waals surface area contributed by atoms with Gasteiger partial charge in [0.05, 0.1) is 6.61 Å². The highest BCUT2D eigenvalue weighted by Crippen LogP contribution is 2.19. The first kappa shape index (κ1) is 11.0. The molecule has 1 N–H and O–H groups in total. The van der Waals surface area contributed by atoms with Crippen molar-refractivity contribution in [3.05, 3.63) is 38.8 Å². The molecular weight excluding hydrogens is 275 g/mol. The fourth-order valence-corrected chi connectivity index (χ4v) is 1.93. The van der Waals surface area contributed by atoms with Crippen molar-refractivity contribution in [1.82, 2.24) is 0 Å². The van der Waals surface area contributed by atoms with Gasteiger partial charge in [0.2, 0.25) is 0 Å². The SMILES string of the molecule is CCc1cc(I)cc([C](C)CO)c1. The minimum absolute atomic E-state index is 0.142. The Morgan fingerprint density at radius 3 is 2.62 bits per heavy atom. The molecule has 0 unspecified atom stereocenters. The van der Waals surface area contributed by atoms with Gasteiger partial charge in [0.25, 0.3) is 0 Å². The Morgan fingerprint density at radius 1 is 1.38 bits per heavy atom. The van der Waals surface area contributed by atoms with Crippen LogP contribution in [0.25, 0.3) is 0 Å². The molecule has 1 aromatic rings. The number of hydrogen-bond donors (Lipinski definition) is 1. The Morgan fingerprint density at radius 2 is 2.08 bits per heavy atom. The second-order valence-electron chi connectivity index (χ2n) is 3.14. The summed E-state index contributed by atoms with van der Waals surface area (Å²) in [4.78, 5) is 0. The Bertz CT molecular complexity index is 283. The van der Waals surface area contributed by atoms with Gasteiger partial charge in [-0.3, -0.25) is 0 Å². The maximum atomic E-state index is 9.00. The predicted octanol–water partition coefficient (Wildman–Crippen LogP) is 2.79. The van der Waals surface area contributed by atoms with E-state index >= 15 is 0 Å². The third-order valence-corrected chi connectivity index (χ3v) is 2.72. The van der Waals surface area contributed by atoms with Gasteiger partial charge in [-0.25, -0.2) is 0 Å². The molecule has 0 heterocycles. The molecule has 0 saturated heterocycles. The van der Waals surface area contributed by atoms with Crippen molar-refractivity contribution in [1.29, 1.82) is 0 Å². The first-order valence-electron chi connectivity index (χ1n) is 4.40. The summed E-state index contributed by atoms with van der Waals surface area (Å²) in [6.45, 7) is 4.25. The quantitative estimate of drug-likeness (QED) is 0.848. The summed E-state index contributed by atoms with van der Waals surface area (Å²) in [5.41, 5.74) is 2.49. The zero-order valence-corrected chi connectivity index (χ0v) is 10.1. The Hall–Kier alpha value is -0.0900. The molecule has 2 heteroatoms. The van der Waals surface area contributed by atoms with Gasteiger partial charge in [-0.15, -0.1) is 0 Å². The minimum Gasteiger partial charge on any atom is -0.395 e. The van der Waals surface area contributed by atoms with Gasteiger partial charge < -0.3 is 5.11 Å². The van der Waals surface area contributed by atoms with E-state index in [1.54, 1.807) is 0 Å². The summed E-state index contributed by atoms with van der Waals surface area (Å²) < 4.78 is 1.24. The normalized spacial score (nSPS) is 10.8. The monoisotopic (exact) mass is 289 g/mol. The number of aliphatic hydroxyl groups is 1. The van der Waals surface area contributed by atoms with E-state index in [0.717, 1.165) is 17.9 Å². The number of benzene rings is 1. The van der Waals surface area contributed by atoms with Gasteiger partial charge in [-0.05, 0) is 52.3 Å². The first-order chi connectivity index (χ1) is 6.17. The lowest BCUT2D eigenvalue weighted by atomic mass is 9.99. The summed E-state index contributed by atoms with van der Waals surface area (Å²) in [5.74, 6) is 1.04. The van der Waals surface area contributed by atoms with Crippen molar-refractivity contribution in [3.8, 4) is 0 Å². The maximum absolute atomic E-state index is 9.00. The molecule has 1 radical (unpaired) electrons. The van der Waals surface area contributed by atoms with E-state index in [4.69, 9.17) is 5.11 Å². The lowest BCUT2D eigenvalue weighted by Gasteiger charge is -2.09. The van der Waals surface area contributed by atoms with Gasteiger partial charge in [-0.1, -0.05) is 19.9 Å². The molecule has 0 aromatic heterocycles. The third-order valence-electron chi connectivity index (χ3n) is 2.10. The van der Waals surface area contributed by atoms with Crippen LogP contribution in [0.3, 0.4) is 0 Å². The Balaban J connectivity index is 3.01. The van der Waals surface area contributed by atoms with Gasteiger partial charge in [0.15, 0.2) is 0 Å². The van der Waals surface area contributed by atoms with E-state index in [-0.39, 0.29) is 6.61 Å². The molecule has 0 aliphatic heterocycles. The molecular formula is C11H14IO. The van der Waals surface area contributed by atoms with Crippen LogP contribution in [0.1, 0.15) is 25.0 Å². The van der Waals surface area contributed by atoms with E-state index < -0.39 is 0 Å². The number of hydrogen-bond acceptors (Lipinski definition) is 1. The number of aryl methyl sites for hydroxylation is 1. The average molecular weight is 289 g/mol. The third kappa shape index (κ3) is 2.95. The molecule has 0 saturated carbocycles. The fraction of sp³-hybridized carbons (Fsp3) is 0.364. The highest BCUT2D eigenvalue weighted by molar-refractivity contribution is 14.1. The molecule has 0 amide bonds. The van der Waals surface area contributed by atoms with Crippen molar-refractivity contribution in [2.75, 3.05) is 6.61 Å². The van der Waals surface area contributed by atoms with Gasteiger partial charge >= 0.3 is 0 Å². The van der Waals surface area contributed by atoms with Crippen molar-refractivity contribution < 1.29 is 5.11 Å². The molecule has 0 aliphatic carbocycles. The van der Waals surface area contributed by atoms with E-state index in [1.165, 1.54) is 9.13 Å². The minimum atomic E-state index is 0.142. The molecule has 0 atom stereocenters. The Kier molecular flexibility index (Phi) is 4.19. The van der Waals surface area contributed by atoms with Crippen LogP contribution in [0.15, 0.2) is 18.2 Å². The summed E-state index contributed by atoms with van der Waals surface area (Å²) in [6, 6.07) is 6.42. The fourth-order valence-electron chi connectivity index (χ4n) is 1.19. The van der Waals surface area contributed by atoms with E-state index in [0.29, 0.717) is 0 Å². The molecule has 0 spiro atoms. The second-order valence-corrected chi connectivity index (χ2v) is 4.39. The molecule has 1 rings (SSSR count). The smallest absolute Gasteiger partial charge is 0.0534 e. The molecule has 0 bridgehead atoms. The van der Waals surface area contributed by atoms with Gasteiger partial charge in [-0.2, -0.15) is 0 Å². The maximum Gasteiger partial charge on any atom is 0.0534 e. The highest BCUT2D eigenvalue weighted by atomic mass is 127. The largest absolute Gasteiger partial charge is 0.395 e. The summed E-state index contributed by atoms with van der Waals surface area (Å²) in [7, 11) is 0. The second kappa shape index (κ2) is 4.96. The van der Waals surface area contributed by atoms with Crippen LogP contribution in [0.5, 0.6) is 0 Å². The van der Waals surface area contributed by atoms with E-state index in [2.05, 4.69) is 47.7 Å². The van der Waals surface area contributed by atoms with Crippen LogP contribution < -0.4 is 0 Å². The van der Waals surface area contributed by atoms with Crippen LogP contribution in [0.2, 0.25) is 0 Å². The standard InChI is InChI=1S/C11H14IO/c1-3-9-4-10(8(2)7-13)6-11(12)5-9/h4-6,13H,3,7H2,1-2H3. The van der Waals surface area contributed by atoms with Crippen LogP contribution in [-0.2, 0) is 6.42 Å². The molecule has 13 heavy (non-hydrogen) atoms. The van der Waals surface area contributed by atoms with Crippen LogP contribution in [0, 0.1) is 9.49 Å². The van der Waals surface area contributed by atoms with Crippen LogP contribution >= 0.6 is 22.6 Å². The number of aliphatic hydroxyl groups excluding tert-OH is 1. The molecule has 1 nitrogen and oxygen atoms in total. The lowest BCUT2D eigenvalue weighted by Crippen LogP contribution is -2.01.